The predicted octanol–water partition coefficient (Wildman–Crippen LogP) is 3.62. The van der Waals surface area contributed by atoms with Crippen molar-refractivity contribution in [3.05, 3.63) is 23.8 Å². The first-order valence-corrected chi connectivity index (χ1v) is 7.81. The second-order valence-corrected chi connectivity index (χ2v) is 6.25. The SMILES string of the molecule is COc1cc(C2(C)CCCN2)ccc1OC1CCCC1. The molecule has 3 rings (SSSR count). The highest BCUT2D eigenvalue weighted by Crippen LogP contribution is 2.37. The van der Waals surface area contributed by atoms with Gasteiger partial charge in [0.15, 0.2) is 11.5 Å². The van der Waals surface area contributed by atoms with Crippen molar-refractivity contribution in [2.45, 2.75) is 57.1 Å². The van der Waals surface area contributed by atoms with Crippen molar-refractivity contribution in [1.82, 2.24) is 5.32 Å². The summed E-state index contributed by atoms with van der Waals surface area (Å²) in [5.41, 5.74) is 1.38. The fourth-order valence-corrected chi connectivity index (χ4v) is 3.43. The monoisotopic (exact) mass is 275 g/mol. The Hall–Kier alpha value is -1.22. The van der Waals surface area contributed by atoms with E-state index in [0.717, 1.165) is 18.0 Å². The van der Waals surface area contributed by atoms with E-state index >= 15 is 0 Å². The molecule has 3 heteroatoms. The summed E-state index contributed by atoms with van der Waals surface area (Å²) in [5, 5.41) is 3.60. The topological polar surface area (TPSA) is 30.5 Å². The van der Waals surface area contributed by atoms with Crippen molar-refractivity contribution in [1.29, 1.82) is 0 Å². The Bertz CT molecular complexity index is 460. The van der Waals surface area contributed by atoms with Crippen LogP contribution in [0.4, 0.5) is 0 Å². The molecule has 0 spiro atoms. The highest BCUT2D eigenvalue weighted by atomic mass is 16.5. The van der Waals surface area contributed by atoms with Gasteiger partial charge in [-0.15, -0.1) is 0 Å². The highest BCUT2D eigenvalue weighted by Gasteiger charge is 2.31. The largest absolute Gasteiger partial charge is 0.493 e. The molecule has 1 N–H and O–H groups in total. The van der Waals surface area contributed by atoms with E-state index in [1.165, 1.54) is 44.1 Å². The van der Waals surface area contributed by atoms with E-state index in [4.69, 9.17) is 9.47 Å². The van der Waals surface area contributed by atoms with Crippen LogP contribution in [-0.2, 0) is 5.54 Å². The van der Waals surface area contributed by atoms with Gasteiger partial charge in [-0.1, -0.05) is 6.07 Å². The van der Waals surface area contributed by atoms with Gasteiger partial charge in [0.25, 0.3) is 0 Å². The average Bonchev–Trinajstić information content (AvgIpc) is 3.11. The molecule has 1 saturated heterocycles. The maximum atomic E-state index is 6.10. The lowest BCUT2D eigenvalue weighted by Crippen LogP contribution is -2.33. The molecule has 0 radical (unpaired) electrons. The minimum absolute atomic E-state index is 0.0825. The molecule has 2 fully saturated rings. The number of hydrogen-bond acceptors (Lipinski definition) is 3. The number of rotatable bonds is 4. The molecule has 0 bridgehead atoms. The van der Waals surface area contributed by atoms with Crippen molar-refractivity contribution >= 4 is 0 Å². The Balaban J connectivity index is 1.81. The first-order valence-electron chi connectivity index (χ1n) is 7.81. The lowest BCUT2D eigenvalue weighted by Gasteiger charge is -2.26. The summed E-state index contributed by atoms with van der Waals surface area (Å²) in [7, 11) is 1.73. The number of ether oxygens (including phenoxy) is 2. The Kier molecular flexibility index (Phi) is 3.88. The molecule has 0 aromatic heterocycles. The molecule has 1 aromatic rings. The second-order valence-electron chi connectivity index (χ2n) is 6.25. The number of methoxy groups -OCH3 is 1. The van der Waals surface area contributed by atoms with E-state index < -0.39 is 0 Å². The maximum Gasteiger partial charge on any atom is 0.161 e. The maximum absolute atomic E-state index is 6.10. The van der Waals surface area contributed by atoms with Gasteiger partial charge in [-0.25, -0.2) is 0 Å². The molecular weight excluding hydrogens is 250 g/mol. The van der Waals surface area contributed by atoms with Crippen molar-refractivity contribution in [3.8, 4) is 11.5 Å². The summed E-state index contributed by atoms with van der Waals surface area (Å²) < 4.78 is 11.7. The zero-order valence-corrected chi connectivity index (χ0v) is 12.6. The third-order valence-electron chi connectivity index (χ3n) is 4.77. The van der Waals surface area contributed by atoms with Crippen molar-refractivity contribution in [3.63, 3.8) is 0 Å². The molecule has 1 aliphatic carbocycles. The van der Waals surface area contributed by atoms with Crippen LogP contribution in [0.1, 0.15) is 51.0 Å². The van der Waals surface area contributed by atoms with Crippen molar-refractivity contribution < 1.29 is 9.47 Å². The predicted molar refractivity (Wildman–Crippen MR) is 80.5 cm³/mol. The highest BCUT2D eigenvalue weighted by molar-refractivity contribution is 5.45. The van der Waals surface area contributed by atoms with Crippen LogP contribution < -0.4 is 14.8 Å². The van der Waals surface area contributed by atoms with Gasteiger partial charge in [0.2, 0.25) is 0 Å². The van der Waals surface area contributed by atoms with E-state index in [-0.39, 0.29) is 5.54 Å². The summed E-state index contributed by atoms with van der Waals surface area (Å²) in [6.45, 7) is 3.37. The molecule has 1 aliphatic heterocycles. The molecule has 0 amide bonds. The summed E-state index contributed by atoms with van der Waals surface area (Å²) >= 11 is 0. The molecule has 3 nitrogen and oxygen atoms in total. The summed E-state index contributed by atoms with van der Waals surface area (Å²) in [5.74, 6) is 1.76. The normalized spacial score (nSPS) is 26.9. The fourth-order valence-electron chi connectivity index (χ4n) is 3.43. The molecule has 20 heavy (non-hydrogen) atoms. The van der Waals surface area contributed by atoms with Gasteiger partial charge in [-0.2, -0.15) is 0 Å². The Labute approximate surface area is 121 Å². The standard InChI is InChI=1S/C17H25NO2/c1-17(10-5-11-18-17)13-8-9-15(16(12-13)19-2)20-14-6-3-4-7-14/h8-9,12,14,18H,3-7,10-11H2,1-2H3. The average molecular weight is 275 g/mol. The summed E-state index contributed by atoms with van der Waals surface area (Å²) in [6.07, 6.45) is 7.70. The lowest BCUT2D eigenvalue weighted by molar-refractivity contribution is 0.200. The Morgan fingerprint density at radius 3 is 2.60 bits per heavy atom. The van der Waals surface area contributed by atoms with Crippen LogP contribution in [-0.4, -0.2) is 19.8 Å². The van der Waals surface area contributed by atoms with Crippen LogP contribution in [0.3, 0.4) is 0 Å². The molecule has 2 aliphatic rings. The van der Waals surface area contributed by atoms with Gasteiger partial charge in [-0.3, -0.25) is 0 Å². The van der Waals surface area contributed by atoms with E-state index in [1.807, 2.05) is 0 Å². The van der Waals surface area contributed by atoms with E-state index in [2.05, 4.69) is 30.4 Å². The van der Waals surface area contributed by atoms with Gasteiger partial charge < -0.3 is 14.8 Å². The number of nitrogens with one attached hydrogen (secondary N) is 1. The smallest absolute Gasteiger partial charge is 0.161 e. The molecule has 1 atom stereocenters. The zero-order chi connectivity index (χ0) is 14.0. The first kappa shape index (κ1) is 13.7. The lowest BCUT2D eigenvalue weighted by atomic mass is 9.90. The number of benzene rings is 1. The van der Waals surface area contributed by atoms with Gasteiger partial charge in [0.1, 0.15) is 0 Å². The van der Waals surface area contributed by atoms with Crippen LogP contribution in [0.2, 0.25) is 0 Å². The van der Waals surface area contributed by atoms with Gasteiger partial charge >= 0.3 is 0 Å². The molecule has 110 valence electrons. The van der Waals surface area contributed by atoms with Crippen molar-refractivity contribution in [2.24, 2.45) is 0 Å². The van der Waals surface area contributed by atoms with Gasteiger partial charge in [-0.05, 0) is 69.7 Å². The van der Waals surface area contributed by atoms with E-state index in [0.29, 0.717) is 6.10 Å². The third kappa shape index (κ3) is 2.64. The minimum Gasteiger partial charge on any atom is -0.493 e. The molecule has 1 unspecified atom stereocenters. The third-order valence-corrected chi connectivity index (χ3v) is 4.77. The van der Waals surface area contributed by atoms with Crippen LogP contribution in [0.5, 0.6) is 11.5 Å². The minimum atomic E-state index is 0.0825. The Morgan fingerprint density at radius 2 is 1.95 bits per heavy atom. The van der Waals surface area contributed by atoms with Gasteiger partial charge in [0.05, 0.1) is 13.2 Å². The number of hydrogen-bond donors (Lipinski definition) is 1. The van der Waals surface area contributed by atoms with Crippen LogP contribution in [0.25, 0.3) is 0 Å². The summed E-state index contributed by atoms with van der Waals surface area (Å²) in [4.78, 5) is 0. The zero-order valence-electron chi connectivity index (χ0n) is 12.6. The fraction of sp³-hybridized carbons (Fsp3) is 0.647. The summed E-state index contributed by atoms with van der Waals surface area (Å²) in [6, 6.07) is 6.41. The molecule has 1 saturated carbocycles. The van der Waals surface area contributed by atoms with Crippen molar-refractivity contribution in [2.75, 3.05) is 13.7 Å². The van der Waals surface area contributed by atoms with Crippen LogP contribution >= 0.6 is 0 Å². The van der Waals surface area contributed by atoms with Crippen LogP contribution in [0, 0.1) is 0 Å². The second kappa shape index (κ2) is 5.65. The molecular formula is C17H25NO2. The first-order chi connectivity index (χ1) is 9.71. The Morgan fingerprint density at radius 1 is 1.15 bits per heavy atom. The molecule has 1 heterocycles. The van der Waals surface area contributed by atoms with E-state index in [9.17, 15) is 0 Å². The quantitative estimate of drug-likeness (QED) is 0.910. The van der Waals surface area contributed by atoms with Crippen LogP contribution in [0.15, 0.2) is 18.2 Å². The van der Waals surface area contributed by atoms with Gasteiger partial charge in [0, 0.05) is 5.54 Å². The molecule has 1 aromatic carbocycles. The van der Waals surface area contributed by atoms with E-state index in [1.54, 1.807) is 7.11 Å².